The zero-order valence-electron chi connectivity index (χ0n) is 12.5. The van der Waals surface area contributed by atoms with E-state index < -0.39 is 0 Å². The van der Waals surface area contributed by atoms with E-state index in [4.69, 9.17) is 4.98 Å². The number of thiophene rings is 1. The van der Waals surface area contributed by atoms with Crippen molar-refractivity contribution in [2.24, 2.45) is 0 Å². The van der Waals surface area contributed by atoms with Gasteiger partial charge in [0.05, 0.1) is 11.4 Å². The SMILES string of the molecule is CNCc1cccc(CN(Cc2cccs2)C(C)C)n1. The molecule has 2 aromatic heterocycles. The third-order valence-electron chi connectivity index (χ3n) is 3.26. The minimum atomic E-state index is 0.506. The molecule has 0 aromatic carbocycles. The van der Waals surface area contributed by atoms with Gasteiger partial charge in [-0.3, -0.25) is 9.88 Å². The molecule has 0 aliphatic heterocycles. The van der Waals surface area contributed by atoms with Crippen LogP contribution in [0.4, 0.5) is 0 Å². The highest BCUT2D eigenvalue weighted by Gasteiger charge is 2.12. The van der Waals surface area contributed by atoms with Gasteiger partial charge < -0.3 is 5.32 Å². The zero-order chi connectivity index (χ0) is 14.4. The molecule has 0 atom stereocenters. The molecule has 20 heavy (non-hydrogen) atoms. The Labute approximate surface area is 125 Å². The summed E-state index contributed by atoms with van der Waals surface area (Å²) in [7, 11) is 1.95. The molecule has 0 unspecified atom stereocenters. The van der Waals surface area contributed by atoms with Crippen molar-refractivity contribution in [1.29, 1.82) is 0 Å². The minimum Gasteiger partial charge on any atom is -0.314 e. The van der Waals surface area contributed by atoms with Crippen LogP contribution in [0.15, 0.2) is 35.7 Å². The molecule has 0 spiro atoms. The van der Waals surface area contributed by atoms with Crippen molar-refractivity contribution in [3.05, 3.63) is 52.0 Å². The lowest BCUT2D eigenvalue weighted by Gasteiger charge is -2.25. The largest absolute Gasteiger partial charge is 0.314 e. The van der Waals surface area contributed by atoms with Crippen molar-refractivity contribution in [2.75, 3.05) is 7.05 Å². The van der Waals surface area contributed by atoms with Gasteiger partial charge in [-0.1, -0.05) is 12.1 Å². The average Bonchev–Trinajstić information content (AvgIpc) is 2.92. The highest BCUT2D eigenvalue weighted by Crippen LogP contribution is 2.16. The van der Waals surface area contributed by atoms with E-state index in [0.29, 0.717) is 6.04 Å². The molecule has 0 bridgehead atoms. The lowest BCUT2D eigenvalue weighted by Crippen LogP contribution is -2.30. The van der Waals surface area contributed by atoms with E-state index in [-0.39, 0.29) is 0 Å². The smallest absolute Gasteiger partial charge is 0.0548 e. The van der Waals surface area contributed by atoms with Crippen molar-refractivity contribution in [3.63, 3.8) is 0 Å². The van der Waals surface area contributed by atoms with Gasteiger partial charge in [0.2, 0.25) is 0 Å². The van der Waals surface area contributed by atoms with E-state index in [1.165, 1.54) is 4.88 Å². The van der Waals surface area contributed by atoms with Crippen LogP contribution in [0.5, 0.6) is 0 Å². The summed E-state index contributed by atoms with van der Waals surface area (Å²) < 4.78 is 0. The van der Waals surface area contributed by atoms with Crippen molar-refractivity contribution in [1.82, 2.24) is 15.2 Å². The van der Waals surface area contributed by atoms with Gasteiger partial charge in [0.25, 0.3) is 0 Å². The second-order valence-electron chi connectivity index (χ2n) is 5.23. The predicted molar refractivity (Wildman–Crippen MR) is 85.7 cm³/mol. The van der Waals surface area contributed by atoms with Crippen LogP contribution in [0.2, 0.25) is 0 Å². The summed E-state index contributed by atoms with van der Waals surface area (Å²) in [5.74, 6) is 0. The molecule has 0 saturated heterocycles. The Kier molecular flexibility index (Phi) is 5.71. The van der Waals surface area contributed by atoms with Gasteiger partial charge in [-0.2, -0.15) is 0 Å². The van der Waals surface area contributed by atoms with E-state index >= 15 is 0 Å². The Bertz CT molecular complexity index is 508. The highest BCUT2D eigenvalue weighted by atomic mass is 32.1. The van der Waals surface area contributed by atoms with Gasteiger partial charge in [-0.05, 0) is 44.5 Å². The molecule has 0 radical (unpaired) electrons. The first-order chi connectivity index (χ1) is 9.69. The maximum atomic E-state index is 4.71. The Morgan fingerprint density at radius 2 is 1.95 bits per heavy atom. The first-order valence-electron chi connectivity index (χ1n) is 7.05. The van der Waals surface area contributed by atoms with Crippen LogP contribution in [-0.2, 0) is 19.6 Å². The summed E-state index contributed by atoms with van der Waals surface area (Å²) in [4.78, 5) is 8.58. The third-order valence-corrected chi connectivity index (χ3v) is 4.12. The van der Waals surface area contributed by atoms with Crippen molar-refractivity contribution >= 4 is 11.3 Å². The number of pyridine rings is 1. The molecule has 4 heteroatoms. The number of aromatic nitrogens is 1. The Morgan fingerprint density at radius 1 is 1.15 bits per heavy atom. The summed E-state index contributed by atoms with van der Waals surface area (Å²) >= 11 is 1.82. The van der Waals surface area contributed by atoms with Crippen molar-refractivity contribution < 1.29 is 0 Å². The van der Waals surface area contributed by atoms with Crippen LogP contribution in [-0.4, -0.2) is 23.0 Å². The summed E-state index contributed by atoms with van der Waals surface area (Å²) in [6, 6.07) is 11.1. The number of nitrogens with one attached hydrogen (secondary N) is 1. The van der Waals surface area contributed by atoms with Crippen molar-refractivity contribution in [3.8, 4) is 0 Å². The molecular formula is C16H23N3S. The predicted octanol–water partition coefficient (Wildman–Crippen LogP) is 3.27. The molecular weight excluding hydrogens is 266 g/mol. The zero-order valence-corrected chi connectivity index (χ0v) is 13.3. The molecule has 2 rings (SSSR count). The van der Waals surface area contributed by atoms with E-state index in [0.717, 1.165) is 31.0 Å². The Hall–Kier alpha value is -1.23. The molecule has 0 aliphatic carbocycles. The normalized spacial score (nSPS) is 11.4. The molecule has 0 saturated carbocycles. The van der Waals surface area contributed by atoms with Crippen LogP contribution in [0.3, 0.4) is 0 Å². The molecule has 108 valence electrons. The van der Waals surface area contributed by atoms with E-state index in [1.54, 1.807) is 0 Å². The Morgan fingerprint density at radius 3 is 2.60 bits per heavy atom. The fraction of sp³-hybridized carbons (Fsp3) is 0.438. The summed E-state index contributed by atoms with van der Waals surface area (Å²) in [6.45, 7) is 7.19. The third kappa shape index (κ3) is 4.40. The lowest BCUT2D eigenvalue weighted by atomic mass is 10.2. The Balaban J connectivity index is 2.05. The molecule has 2 heterocycles. The highest BCUT2D eigenvalue weighted by molar-refractivity contribution is 7.09. The molecule has 0 amide bonds. The first-order valence-corrected chi connectivity index (χ1v) is 7.93. The number of hydrogen-bond donors (Lipinski definition) is 1. The van der Waals surface area contributed by atoms with Crippen LogP contribution < -0.4 is 5.32 Å². The van der Waals surface area contributed by atoms with Gasteiger partial charge >= 0.3 is 0 Å². The summed E-state index contributed by atoms with van der Waals surface area (Å²) in [5.41, 5.74) is 2.24. The van der Waals surface area contributed by atoms with E-state index in [2.05, 4.69) is 59.8 Å². The maximum Gasteiger partial charge on any atom is 0.0548 e. The monoisotopic (exact) mass is 289 g/mol. The van der Waals surface area contributed by atoms with E-state index in [1.807, 2.05) is 18.4 Å². The first kappa shape index (κ1) is 15.2. The standard InChI is InChI=1S/C16H23N3S/c1-13(2)19(12-16-8-5-9-20-16)11-15-7-4-6-14(18-15)10-17-3/h4-9,13,17H,10-12H2,1-3H3. The molecule has 0 fully saturated rings. The number of rotatable bonds is 7. The van der Waals surface area contributed by atoms with Gasteiger partial charge in [-0.25, -0.2) is 0 Å². The quantitative estimate of drug-likeness (QED) is 0.848. The van der Waals surface area contributed by atoms with Crippen LogP contribution >= 0.6 is 11.3 Å². The van der Waals surface area contributed by atoms with Crippen LogP contribution in [0.1, 0.15) is 30.1 Å². The fourth-order valence-electron chi connectivity index (χ4n) is 2.13. The van der Waals surface area contributed by atoms with E-state index in [9.17, 15) is 0 Å². The van der Waals surface area contributed by atoms with Gasteiger partial charge in [0, 0.05) is 30.6 Å². The average molecular weight is 289 g/mol. The van der Waals surface area contributed by atoms with Gasteiger partial charge in [-0.15, -0.1) is 11.3 Å². The van der Waals surface area contributed by atoms with Gasteiger partial charge in [0.1, 0.15) is 0 Å². The molecule has 0 aliphatic rings. The topological polar surface area (TPSA) is 28.2 Å². The maximum absolute atomic E-state index is 4.71. The van der Waals surface area contributed by atoms with Gasteiger partial charge in [0.15, 0.2) is 0 Å². The fourth-order valence-corrected chi connectivity index (χ4v) is 2.86. The van der Waals surface area contributed by atoms with Crippen molar-refractivity contribution in [2.45, 2.75) is 39.5 Å². The number of nitrogens with zero attached hydrogens (tertiary/aromatic N) is 2. The summed E-state index contributed by atoms with van der Waals surface area (Å²) in [5, 5.41) is 5.29. The number of hydrogen-bond acceptors (Lipinski definition) is 4. The molecule has 1 N–H and O–H groups in total. The minimum absolute atomic E-state index is 0.506. The van der Waals surface area contributed by atoms with Crippen LogP contribution in [0.25, 0.3) is 0 Å². The molecule has 2 aromatic rings. The second kappa shape index (κ2) is 7.53. The molecule has 3 nitrogen and oxygen atoms in total. The lowest BCUT2D eigenvalue weighted by molar-refractivity contribution is 0.203. The van der Waals surface area contributed by atoms with Crippen LogP contribution in [0, 0.1) is 0 Å². The second-order valence-corrected chi connectivity index (χ2v) is 6.26. The summed E-state index contributed by atoms with van der Waals surface area (Å²) in [6.07, 6.45) is 0.